The van der Waals surface area contributed by atoms with Crippen LogP contribution in [0.4, 0.5) is 5.69 Å². The highest BCUT2D eigenvalue weighted by Gasteiger charge is 2.21. The van der Waals surface area contributed by atoms with Crippen LogP contribution in [0.5, 0.6) is 0 Å². The first-order chi connectivity index (χ1) is 13.4. The lowest BCUT2D eigenvalue weighted by molar-refractivity contribution is -0.123. The summed E-state index contributed by atoms with van der Waals surface area (Å²) in [6, 6.07) is 13.9. The highest BCUT2D eigenvalue weighted by Crippen LogP contribution is 2.34. The quantitative estimate of drug-likeness (QED) is 0.641. The van der Waals surface area contributed by atoms with Crippen molar-refractivity contribution in [3.63, 3.8) is 0 Å². The van der Waals surface area contributed by atoms with Gasteiger partial charge in [0.1, 0.15) is 5.01 Å². The van der Waals surface area contributed by atoms with Gasteiger partial charge in [0.25, 0.3) is 0 Å². The van der Waals surface area contributed by atoms with Crippen molar-refractivity contribution in [1.29, 1.82) is 0 Å². The van der Waals surface area contributed by atoms with E-state index in [4.69, 9.17) is 10.1 Å². The molecule has 0 fully saturated rings. The van der Waals surface area contributed by atoms with Crippen LogP contribution in [0.1, 0.15) is 25.6 Å². The molecule has 3 N–H and O–H groups in total. The molecule has 0 aliphatic rings. The molecule has 29 heavy (non-hydrogen) atoms. The number of hydrogen-bond acceptors (Lipinski definition) is 5. The van der Waals surface area contributed by atoms with Gasteiger partial charge in [-0.3, -0.25) is 4.79 Å². The molecule has 152 valence electrons. The minimum Gasteiger partial charge on any atom is -0.326 e. The maximum atomic E-state index is 12.1. The summed E-state index contributed by atoms with van der Waals surface area (Å²) in [5, 5.41) is 8.85. The first-order valence-corrected chi connectivity index (χ1v) is 11.3. The molecular weight excluding hydrogens is 406 g/mol. The van der Waals surface area contributed by atoms with Crippen LogP contribution < -0.4 is 10.5 Å². The summed E-state index contributed by atoms with van der Waals surface area (Å²) in [6.45, 7) is 7.59. The van der Waals surface area contributed by atoms with Gasteiger partial charge in [0.05, 0.1) is 10.6 Å². The Kier molecular flexibility index (Phi) is 5.62. The average molecular weight is 430 g/mol. The smallest absolute Gasteiger partial charge is 0.238 e. The SMILES string of the molecule is Cc1sc(-c2ccc(S(N)(=O)=O)cc2)nc1-c1ccc(NC(=O)C(C)(C)C)cc1. The van der Waals surface area contributed by atoms with Crippen molar-refractivity contribution in [2.24, 2.45) is 10.6 Å². The summed E-state index contributed by atoms with van der Waals surface area (Å²) >= 11 is 1.53. The average Bonchev–Trinajstić information content (AvgIpc) is 3.03. The van der Waals surface area contributed by atoms with E-state index >= 15 is 0 Å². The van der Waals surface area contributed by atoms with E-state index in [-0.39, 0.29) is 10.8 Å². The van der Waals surface area contributed by atoms with Gasteiger partial charge < -0.3 is 5.32 Å². The van der Waals surface area contributed by atoms with Gasteiger partial charge in [-0.2, -0.15) is 0 Å². The van der Waals surface area contributed by atoms with Gasteiger partial charge >= 0.3 is 0 Å². The molecule has 8 heteroatoms. The van der Waals surface area contributed by atoms with Gasteiger partial charge in [0.2, 0.25) is 15.9 Å². The van der Waals surface area contributed by atoms with Crippen LogP contribution in [0.15, 0.2) is 53.4 Å². The van der Waals surface area contributed by atoms with Gasteiger partial charge in [-0.05, 0) is 31.2 Å². The Morgan fingerprint density at radius 1 is 1.00 bits per heavy atom. The summed E-state index contributed by atoms with van der Waals surface area (Å²) in [7, 11) is -3.72. The van der Waals surface area contributed by atoms with Gasteiger partial charge in [-0.1, -0.05) is 45.0 Å². The summed E-state index contributed by atoms with van der Waals surface area (Å²) in [5.74, 6) is -0.0414. The molecule has 0 saturated carbocycles. The number of nitrogens with one attached hydrogen (secondary N) is 1. The minimum atomic E-state index is -3.72. The monoisotopic (exact) mass is 429 g/mol. The fraction of sp³-hybridized carbons (Fsp3) is 0.238. The van der Waals surface area contributed by atoms with Gasteiger partial charge in [0.15, 0.2) is 0 Å². The number of thiazole rings is 1. The molecule has 0 radical (unpaired) electrons. The summed E-state index contributed by atoms with van der Waals surface area (Å²) in [4.78, 5) is 18.0. The van der Waals surface area contributed by atoms with Crippen LogP contribution in [0, 0.1) is 12.3 Å². The van der Waals surface area contributed by atoms with Crippen molar-refractivity contribution >= 4 is 33.0 Å². The maximum absolute atomic E-state index is 12.1. The van der Waals surface area contributed by atoms with E-state index in [9.17, 15) is 13.2 Å². The molecule has 0 atom stereocenters. The highest BCUT2D eigenvalue weighted by molar-refractivity contribution is 7.89. The van der Waals surface area contributed by atoms with Crippen LogP contribution in [-0.2, 0) is 14.8 Å². The molecule has 0 aliphatic carbocycles. The first kappa shape index (κ1) is 21.2. The van der Waals surface area contributed by atoms with Crippen LogP contribution >= 0.6 is 11.3 Å². The topological polar surface area (TPSA) is 102 Å². The summed E-state index contributed by atoms with van der Waals surface area (Å²) < 4.78 is 22.8. The van der Waals surface area contributed by atoms with Crippen LogP contribution in [0.2, 0.25) is 0 Å². The number of carbonyl (C=O) groups is 1. The van der Waals surface area contributed by atoms with Crippen molar-refractivity contribution in [3.05, 3.63) is 53.4 Å². The molecular formula is C21H23N3O3S2. The second-order valence-electron chi connectivity index (χ2n) is 7.77. The number of primary sulfonamides is 1. The van der Waals surface area contributed by atoms with E-state index in [0.717, 1.165) is 32.4 Å². The zero-order valence-electron chi connectivity index (χ0n) is 16.7. The van der Waals surface area contributed by atoms with E-state index in [2.05, 4.69) is 5.32 Å². The van der Waals surface area contributed by atoms with E-state index in [0.29, 0.717) is 0 Å². The van der Waals surface area contributed by atoms with Crippen molar-refractivity contribution in [1.82, 2.24) is 4.98 Å². The Labute approximate surface area is 174 Å². The zero-order chi connectivity index (χ0) is 21.4. The number of aryl methyl sites for hydroxylation is 1. The maximum Gasteiger partial charge on any atom is 0.238 e. The van der Waals surface area contributed by atoms with Gasteiger partial charge in [-0.25, -0.2) is 18.5 Å². The zero-order valence-corrected chi connectivity index (χ0v) is 18.3. The van der Waals surface area contributed by atoms with Crippen molar-refractivity contribution in [3.8, 4) is 21.8 Å². The fourth-order valence-electron chi connectivity index (χ4n) is 2.60. The Bertz CT molecular complexity index is 1140. The van der Waals surface area contributed by atoms with Crippen molar-refractivity contribution < 1.29 is 13.2 Å². The molecule has 6 nitrogen and oxygen atoms in total. The third-order valence-corrected chi connectivity index (χ3v) is 6.27. The largest absolute Gasteiger partial charge is 0.326 e. The Morgan fingerprint density at radius 3 is 2.07 bits per heavy atom. The number of nitrogens with two attached hydrogens (primary N) is 1. The number of hydrogen-bond donors (Lipinski definition) is 2. The lowest BCUT2D eigenvalue weighted by Crippen LogP contribution is -2.27. The molecule has 0 spiro atoms. The van der Waals surface area contributed by atoms with Crippen LogP contribution in [-0.4, -0.2) is 19.3 Å². The number of aromatic nitrogens is 1. The Balaban J connectivity index is 1.84. The van der Waals surface area contributed by atoms with E-state index in [1.54, 1.807) is 12.1 Å². The highest BCUT2D eigenvalue weighted by atomic mass is 32.2. The second kappa shape index (κ2) is 7.70. The van der Waals surface area contributed by atoms with Gasteiger partial charge in [-0.15, -0.1) is 11.3 Å². The number of sulfonamides is 1. The minimum absolute atomic E-state index is 0.0414. The van der Waals surface area contributed by atoms with E-state index in [1.165, 1.54) is 23.5 Å². The molecule has 1 heterocycles. The Morgan fingerprint density at radius 2 is 1.55 bits per heavy atom. The third kappa shape index (κ3) is 4.90. The standard InChI is InChI=1S/C21H23N3O3S2/c1-13-18(14-5-9-16(10-6-14)23-20(25)21(2,3)4)24-19(28-13)15-7-11-17(12-8-15)29(22,26)27/h5-12H,1-4H3,(H,23,25)(H2,22,26,27). The second-order valence-corrected chi connectivity index (χ2v) is 10.5. The molecule has 3 aromatic rings. The lowest BCUT2D eigenvalue weighted by Gasteiger charge is -2.17. The van der Waals surface area contributed by atoms with Crippen LogP contribution in [0.3, 0.4) is 0 Å². The van der Waals surface area contributed by atoms with E-state index in [1.807, 2.05) is 52.0 Å². The molecule has 1 amide bonds. The van der Waals surface area contributed by atoms with Crippen molar-refractivity contribution in [2.75, 3.05) is 5.32 Å². The summed E-state index contributed by atoms with van der Waals surface area (Å²) in [6.07, 6.45) is 0. The lowest BCUT2D eigenvalue weighted by atomic mass is 9.95. The molecule has 0 bridgehead atoms. The number of anilines is 1. The molecule has 2 aromatic carbocycles. The first-order valence-electron chi connectivity index (χ1n) is 8.98. The summed E-state index contributed by atoms with van der Waals surface area (Å²) in [5.41, 5.74) is 2.90. The van der Waals surface area contributed by atoms with Crippen molar-refractivity contribution in [2.45, 2.75) is 32.6 Å². The predicted octanol–water partition coefficient (Wildman–Crippen LogP) is 4.42. The predicted molar refractivity (Wildman–Crippen MR) is 117 cm³/mol. The number of rotatable bonds is 4. The molecule has 0 unspecified atom stereocenters. The number of carbonyl (C=O) groups excluding carboxylic acids is 1. The molecule has 0 aliphatic heterocycles. The number of benzene rings is 2. The molecule has 0 saturated heterocycles. The normalized spacial score (nSPS) is 12.0. The number of nitrogens with zero attached hydrogens (tertiary/aromatic N) is 1. The van der Waals surface area contributed by atoms with E-state index < -0.39 is 15.4 Å². The molecule has 1 aromatic heterocycles. The van der Waals surface area contributed by atoms with Crippen LogP contribution in [0.25, 0.3) is 21.8 Å². The molecule has 3 rings (SSSR count). The Hall–Kier alpha value is -2.55. The third-order valence-electron chi connectivity index (χ3n) is 4.32. The number of amides is 1. The fourth-order valence-corrected chi connectivity index (χ4v) is 4.06. The van der Waals surface area contributed by atoms with Gasteiger partial charge in [0, 0.05) is 27.1 Å².